The third-order valence-electron chi connectivity index (χ3n) is 4.91. The Bertz CT molecular complexity index is 1190. The maximum absolute atomic E-state index is 13.2. The summed E-state index contributed by atoms with van der Waals surface area (Å²) in [7, 11) is 1.31. The SMILES string of the molecule is CC[C@@H](C)c1nc2ccc(Br)cc2c(=O)n1N=Cc1cccc(O[C@H](C)C(=O)OC)c1. The topological polar surface area (TPSA) is 82.8 Å². The lowest BCUT2D eigenvalue weighted by molar-refractivity contribution is -0.147. The smallest absolute Gasteiger partial charge is 0.346 e. The maximum atomic E-state index is 13.2. The molecule has 0 saturated carbocycles. The van der Waals surface area contributed by atoms with Gasteiger partial charge in [0.15, 0.2) is 6.10 Å². The van der Waals surface area contributed by atoms with Crippen LogP contribution in [0.4, 0.5) is 0 Å². The van der Waals surface area contributed by atoms with Gasteiger partial charge in [0.2, 0.25) is 0 Å². The fraction of sp³-hybridized carbons (Fsp3) is 0.304. The number of carbonyl (C=O) groups excluding carboxylic acids is 1. The lowest BCUT2D eigenvalue weighted by Crippen LogP contribution is -2.25. The van der Waals surface area contributed by atoms with Crippen LogP contribution in [0.1, 0.15) is 44.5 Å². The molecular weight excluding hydrogens is 462 g/mol. The molecule has 0 amide bonds. The zero-order valence-corrected chi connectivity index (χ0v) is 19.4. The van der Waals surface area contributed by atoms with Crippen LogP contribution in [0.15, 0.2) is 56.8 Å². The third-order valence-corrected chi connectivity index (χ3v) is 5.41. The lowest BCUT2D eigenvalue weighted by Gasteiger charge is -2.14. The van der Waals surface area contributed by atoms with Gasteiger partial charge in [-0.05, 0) is 49.2 Å². The van der Waals surface area contributed by atoms with Crippen molar-refractivity contribution in [3.8, 4) is 5.75 Å². The van der Waals surface area contributed by atoms with E-state index in [0.29, 0.717) is 28.0 Å². The molecule has 2 atom stereocenters. The minimum atomic E-state index is -0.736. The largest absolute Gasteiger partial charge is 0.479 e. The average molecular weight is 486 g/mol. The number of hydrogen-bond acceptors (Lipinski definition) is 6. The van der Waals surface area contributed by atoms with Crippen molar-refractivity contribution < 1.29 is 14.3 Å². The second kappa shape index (κ2) is 9.87. The Morgan fingerprint density at radius 1 is 1.26 bits per heavy atom. The Hall–Kier alpha value is -3.00. The second-order valence-corrected chi connectivity index (χ2v) is 8.07. The molecule has 1 heterocycles. The van der Waals surface area contributed by atoms with Crippen LogP contribution in [-0.2, 0) is 9.53 Å². The van der Waals surface area contributed by atoms with E-state index in [0.717, 1.165) is 10.9 Å². The first-order chi connectivity index (χ1) is 14.8. The highest BCUT2D eigenvalue weighted by Gasteiger charge is 2.16. The molecule has 1 aromatic heterocycles. The molecule has 0 bridgehead atoms. The molecule has 0 aliphatic heterocycles. The number of aromatic nitrogens is 2. The standard InChI is InChI=1S/C23H24BrN3O4/c1-5-14(2)21-26-20-10-9-17(24)12-19(20)22(28)27(21)25-13-16-7-6-8-18(11-16)31-15(3)23(29)30-4/h6-15H,5H2,1-4H3/t14-,15-/m1/s1. The van der Waals surface area contributed by atoms with Crippen LogP contribution >= 0.6 is 15.9 Å². The first kappa shape index (κ1) is 22.7. The van der Waals surface area contributed by atoms with Crippen LogP contribution in [0.2, 0.25) is 0 Å². The van der Waals surface area contributed by atoms with Gasteiger partial charge < -0.3 is 9.47 Å². The van der Waals surface area contributed by atoms with E-state index in [1.165, 1.54) is 11.8 Å². The van der Waals surface area contributed by atoms with E-state index in [1.54, 1.807) is 37.4 Å². The van der Waals surface area contributed by atoms with Crippen LogP contribution in [0, 0.1) is 0 Å². The normalized spacial score (nSPS) is 13.3. The summed E-state index contributed by atoms with van der Waals surface area (Å²) in [6.07, 6.45) is 1.66. The highest BCUT2D eigenvalue weighted by atomic mass is 79.9. The van der Waals surface area contributed by atoms with E-state index < -0.39 is 12.1 Å². The number of benzene rings is 2. The summed E-state index contributed by atoms with van der Waals surface area (Å²) in [6, 6.07) is 12.5. The zero-order valence-electron chi connectivity index (χ0n) is 17.8. The summed E-state index contributed by atoms with van der Waals surface area (Å²) < 4.78 is 12.5. The Balaban J connectivity index is 2.01. The van der Waals surface area contributed by atoms with Gasteiger partial charge in [-0.15, -0.1) is 0 Å². The fourth-order valence-electron chi connectivity index (χ4n) is 2.99. The van der Waals surface area contributed by atoms with Crippen LogP contribution < -0.4 is 10.3 Å². The summed E-state index contributed by atoms with van der Waals surface area (Å²) in [5.74, 6) is 0.688. The van der Waals surface area contributed by atoms with E-state index in [1.807, 2.05) is 32.0 Å². The molecule has 0 fully saturated rings. The van der Waals surface area contributed by atoms with E-state index >= 15 is 0 Å². The maximum Gasteiger partial charge on any atom is 0.346 e. The van der Waals surface area contributed by atoms with Gasteiger partial charge in [-0.25, -0.2) is 9.78 Å². The number of hydrogen-bond donors (Lipinski definition) is 0. The van der Waals surface area contributed by atoms with Crippen LogP contribution in [0.5, 0.6) is 5.75 Å². The number of carbonyl (C=O) groups is 1. The molecular formula is C23H24BrN3O4. The number of methoxy groups -OCH3 is 1. The summed E-state index contributed by atoms with van der Waals surface area (Å²) in [5, 5.41) is 4.94. The minimum absolute atomic E-state index is 0.0495. The van der Waals surface area contributed by atoms with Crippen molar-refractivity contribution in [1.82, 2.24) is 9.66 Å². The van der Waals surface area contributed by atoms with Crippen molar-refractivity contribution >= 4 is 39.0 Å². The van der Waals surface area contributed by atoms with Gasteiger partial charge in [-0.2, -0.15) is 9.78 Å². The van der Waals surface area contributed by atoms with Crippen LogP contribution in [0.3, 0.4) is 0 Å². The van der Waals surface area contributed by atoms with Crippen molar-refractivity contribution in [3.05, 3.63) is 68.7 Å². The molecule has 0 radical (unpaired) electrons. The van der Waals surface area contributed by atoms with Crippen LogP contribution in [0.25, 0.3) is 10.9 Å². The van der Waals surface area contributed by atoms with Crippen molar-refractivity contribution in [2.24, 2.45) is 5.10 Å². The molecule has 31 heavy (non-hydrogen) atoms. The van der Waals surface area contributed by atoms with Crippen molar-refractivity contribution in [3.63, 3.8) is 0 Å². The van der Waals surface area contributed by atoms with Crippen molar-refractivity contribution in [1.29, 1.82) is 0 Å². The Morgan fingerprint density at radius 2 is 2.03 bits per heavy atom. The number of fused-ring (bicyclic) bond motifs is 1. The molecule has 0 saturated heterocycles. The van der Waals surface area contributed by atoms with Crippen molar-refractivity contribution in [2.75, 3.05) is 7.11 Å². The average Bonchev–Trinajstić information content (AvgIpc) is 2.77. The summed E-state index contributed by atoms with van der Waals surface area (Å²) in [5.41, 5.74) is 1.12. The molecule has 162 valence electrons. The Labute approximate surface area is 188 Å². The van der Waals surface area contributed by atoms with Gasteiger partial charge in [0, 0.05) is 10.4 Å². The third kappa shape index (κ3) is 5.19. The van der Waals surface area contributed by atoms with E-state index in [4.69, 9.17) is 9.72 Å². The zero-order chi connectivity index (χ0) is 22.5. The Kier molecular flexibility index (Phi) is 7.22. The first-order valence-corrected chi connectivity index (χ1v) is 10.7. The number of halogens is 1. The molecule has 0 aliphatic carbocycles. The summed E-state index contributed by atoms with van der Waals surface area (Å²) in [6.45, 7) is 5.67. The number of ether oxygens (including phenoxy) is 2. The van der Waals surface area contributed by atoms with Gasteiger partial charge in [-0.3, -0.25) is 4.79 Å². The number of rotatable bonds is 7. The van der Waals surface area contributed by atoms with E-state index in [2.05, 4.69) is 25.8 Å². The van der Waals surface area contributed by atoms with Gasteiger partial charge in [0.25, 0.3) is 5.56 Å². The van der Waals surface area contributed by atoms with E-state index in [9.17, 15) is 9.59 Å². The summed E-state index contributed by atoms with van der Waals surface area (Å²) >= 11 is 3.41. The monoisotopic (exact) mass is 485 g/mol. The molecule has 3 aromatic rings. The fourth-order valence-corrected chi connectivity index (χ4v) is 3.35. The van der Waals surface area contributed by atoms with Gasteiger partial charge in [0.05, 0.1) is 24.2 Å². The molecule has 0 aliphatic rings. The highest BCUT2D eigenvalue weighted by molar-refractivity contribution is 9.10. The summed E-state index contributed by atoms with van der Waals surface area (Å²) in [4.78, 5) is 29.5. The van der Waals surface area contributed by atoms with Crippen molar-refractivity contribution in [2.45, 2.75) is 39.2 Å². The lowest BCUT2D eigenvalue weighted by atomic mass is 10.1. The van der Waals surface area contributed by atoms with Gasteiger partial charge in [-0.1, -0.05) is 41.9 Å². The molecule has 2 aromatic carbocycles. The molecule has 7 nitrogen and oxygen atoms in total. The van der Waals surface area contributed by atoms with E-state index in [-0.39, 0.29) is 11.5 Å². The Morgan fingerprint density at radius 3 is 2.74 bits per heavy atom. The number of nitrogens with zero attached hydrogens (tertiary/aromatic N) is 3. The predicted molar refractivity (Wildman–Crippen MR) is 124 cm³/mol. The highest BCUT2D eigenvalue weighted by Crippen LogP contribution is 2.21. The van der Waals surface area contributed by atoms with Crippen LogP contribution in [-0.4, -0.2) is 35.1 Å². The minimum Gasteiger partial charge on any atom is -0.479 e. The quantitative estimate of drug-likeness (QED) is 0.363. The molecule has 0 N–H and O–H groups in total. The predicted octanol–water partition coefficient (Wildman–Crippen LogP) is 4.50. The van der Waals surface area contributed by atoms with Gasteiger partial charge in [0.1, 0.15) is 11.6 Å². The molecule has 0 unspecified atom stereocenters. The molecule has 3 rings (SSSR count). The molecule has 8 heteroatoms. The second-order valence-electron chi connectivity index (χ2n) is 7.16. The molecule has 0 spiro atoms. The van der Waals surface area contributed by atoms with Gasteiger partial charge >= 0.3 is 5.97 Å². The first-order valence-electron chi connectivity index (χ1n) is 9.95. The number of esters is 1.